The van der Waals surface area contributed by atoms with Gasteiger partial charge in [0.1, 0.15) is 0 Å². The first-order chi connectivity index (χ1) is 11.0. The highest BCUT2D eigenvalue weighted by molar-refractivity contribution is 8.00. The maximum atomic E-state index is 5.88. The maximum absolute atomic E-state index is 5.88. The second-order valence-electron chi connectivity index (χ2n) is 7.61. The Labute approximate surface area is 144 Å². The van der Waals surface area contributed by atoms with E-state index in [0.29, 0.717) is 18.1 Å². The largest absolute Gasteiger partial charge is 0.381 e. The van der Waals surface area contributed by atoms with Crippen LogP contribution in [-0.2, 0) is 9.47 Å². The topological polar surface area (TPSA) is 54.9 Å². The van der Waals surface area contributed by atoms with E-state index < -0.39 is 0 Å². The lowest BCUT2D eigenvalue weighted by molar-refractivity contribution is -0.106. The number of thioether (sulfide) groups is 1. The van der Waals surface area contributed by atoms with Crippen LogP contribution in [0.3, 0.4) is 0 Å². The van der Waals surface area contributed by atoms with Crippen LogP contribution in [0.4, 0.5) is 0 Å². The fraction of sp³-hybridized carbons (Fsp3) is 0.941. The molecular weight excluding hydrogens is 310 g/mol. The van der Waals surface area contributed by atoms with E-state index in [1.165, 1.54) is 0 Å². The van der Waals surface area contributed by atoms with Crippen molar-refractivity contribution in [1.82, 2.24) is 10.6 Å². The highest BCUT2D eigenvalue weighted by Crippen LogP contribution is 2.52. The lowest BCUT2D eigenvalue weighted by atomic mass is 9.57. The molecule has 2 aliphatic heterocycles. The van der Waals surface area contributed by atoms with E-state index in [-0.39, 0.29) is 10.2 Å². The molecule has 132 valence electrons. The molecule has 0 aromatic heterocycles. The highest BCUT2D eigenvalue weighted by atomic mass is 32.2. The number of aliphatic imine (C=N–C) groups is 1. The van der Waals surface area contributed by atoms with Gasteiger partial charge in [-0.2, -0.15) is 11.8 Å². The second-order valence-corrected chi connectivity index (χ2v) is 8.89. The summed E-state index contributed by atoms with van der Waals surface area (Å²) in [6.07, 6.45) is 5.98. The van der Waals surface area contributed by atoms with Gasteiger partial charge in [0.15, 0.2) is 5.96 Å². The third kappa shape index (κ3) is 3.22. The van der Waals surface area contributed by atoms with Crippen molar-refractivity contribution in [2.45, 2.75) is 50.0 Å². The standard InChI is InChI=1S/C17H31N3O2S/c1-16(2)13(12-5-8-22-14(12)16)20-15(18-3)19-11-17(23-4)6-9-21-10-7-17/h12-14H,5-11H2,1-4H3,(H2,18,19,20). The SMILES string of the molecule is CN=C(NCC1(SC)CCOCC1)NC1C2CCOC2C1(C)C. The number of hydrogen-bond donors (Lipinski definition) is 2. The van der Waals surface area contributed by atoms with E-state index in [1.807, 2.05) is 18.8 Å². The minimum absolute atomic E-state index is 0.175. The quantitative estimate of drug-likeness (QED) is 0.604. The molecule has 3 unspecified atom stereocenters. The predicted octanol–water partition coefficient (Wildman–Crippen LogP) is 1.88. The zero-order valence-corrected chi connectivity index (χ0v) is 15.7. The number of rotatable bonds is 4. The molecule has 0 radical (unpaired) electrons. The van der Waals surface area contributed by atoms with Gasteiger partial charge in [-0.05, 0) is 25.5 Å². The Hall–Kier alpha value is -0.460. The Kier molecular flexibility index (Phi) is 5.14. The molecule has 23 heavy (non-hydrogen) atoms. The van der Waals surface area contributed by atoms with Crippen LogP contribution in [-0.4, -0.2) is 62.5 Å². The molecule has 1 saturated carbocycles. The zero-order chi connectivity index (χ0) is 16.5. The van der Waals surface area contributed by atoms with Crippen molar-refractivity contribution in [3.63, 3.8) is 0 Å². The van der Waals surface area contributed by atoms with E-state index >= 15 is 0 Å². The third-order valence-corrected chi connectivity index (χ3v) is 7.45. The molecule has 0 spiro atoms. The Morgan fingerprint density at radius 2 is 2.00 bits per heavy atom. The molecule has 6 heteroatoms. The van der Waals surface area contributed by atoms with Gasteiger partial charge in [-0.3, -0.25) is 4.99 Å². The van der Waals surface area contributed by atoms with Gasteiger partial charge in [0.25, 0.3) is 0 Å². The van der Waals surface area contributed by atoms with Crippen molar-refractivity contribution in [2.75, 3.05) is 39.7 Å². The lowest BCUT2D eigenvalue weighted by Gasteiger charge is -2.55. The van der Waals surface area contributed by atoms with Gasteiger partial charge < -0.3 is 20.1 Å². The summed E-state index contributed by atoms with van der Waals surface area (Å²) in [6.45, 7) is 8.17. The summed E-state index contributed by atoms with van der Waals surface area (Å²) in [6, 6.07) is 0.445. The van der Waals surface area contributed by atoms with Gasteiger partial charge in [0.05, 0.1) is 6.10 Å². The van der Waals surface area contributed by atoms with Gasteiger partial charge in [-0.25, -0.2) is 0 Å². The molecule has 0 bridgehead atoms. The summed E-state index contributed by atoms with van der Waals surface area (Å²) in [5.74, 6) is 1.55. The van der Waals surface area contributed by atoms with Gasteiger partial charge >= 0.3 is 0 Å². The lowest BCUT2D eigenvalue weighted by Crippen LogP contribution is -2.68. The van der Waals surface area contributed by atoms with E-state index in [1.54, 1.807) is 0 Å². The van der Waals surface area contributed by atoms with Crippen molar-refractivity contribution in [3.05, 3.63) is 0 Å². The molecule has 0 amide bonds. The van der Waals surface area contributed by atoms with Crippen molar-refractivity contribution < 1.29 is 9.47 Å². The molecule has 2 heterocycles. The van der Waals surface area contributed by atoms with Crippen LogP contribution in [0, 0.1) is 11.3 Å². The fourth-order valence-electron chi connectivity index (χ4n) is 4.40. The summed E-state index contributed by atoms with van der Waals surface area (Å²) < 4.78 is 11.7. The van der Waals surface area contributed by atoms with Crippen LogP contribution in [0.2, 0.25) is 0 Å². The normalized spacial score (nSPS) is 35.3. The summed E-state index contributed by atoms with van der Waals surface area (Å²) in [4.78, 5) is 4.45. The molecule has 3 atom stereocenters. The molecule has 0 aromatic rings. The molecule has 3 rings (SSSR count). The van der Waals surface area contributed by atoms with E-state index in [2.05, 4.69) is 35.7 Å². The second kappa shape index (κ2) is 6.81. The predicted molar refractivity (Wildman–Crippen MR) is 96.2 cm³/mol. The Morgan fingerprint density at radius 3 is 2.65 bits per heavy atom. The average molecular weight is 342 g/mol. The molecule has 5 nitrogen and oxygen atoms in total. The number of nitrogens with one attached hydrogen (secondary N) is 2. The number of ether oxygens (including phenoxy) is 2. The number of hydrogen-bond acceptors (Lipinski definition) is 4. The Bertz CT molecular complexity index is 449. The van der Waals surface area contributed by atoms with E-state index in [0.717, 1.165) is 51.6 Å². The van der Waals surface area contributed by atoms with Crippen LogP contribution in [0.1, 0.15) is 33.1 Å². The molecule has 3 fully saturated rings. The third-order valence-electron chi connectivity index (χ3n) is 6.03. The van der Waals surface area contributed by atoms with E-state index in [4.69, 9.17) is 9.47 Å². The van der Waals surface area contributed by atoms with Crippen LogP contribution in [0.15, 0.2) is 4.99 Å². The van der Waals surface area contributed by atoms with Crippen molar-refractivity contribution in [3.8, 4) is 0 Å². The molecule has 2 N–H and O–H groups in total. The maximum Gasteiger partial charge on any atom is 0.191 e. The molecule has 2 saturated heterocycles. The summed E-state index contributed by atoms with van der Waals surface area (Å²) in [7, 11) is 1.86. The molecule has 3 aliphatic rings. The fourth-order valence-corrected chi connectivity index (χ4v) is 5.19. The molecule has 0 aromatic carbocycles. The monoisotopic (exact) mass is 341 g/mol. The average Bonchev–Trinajstić information content (AvgIpc) is 3.03. The van der Waals surface area contributed by atoms with Gasteiger partial charge in [-0.1, -0.05) is 13.8 Å². The minimum atomic E-state index is 0.175. The van der Waals surface area contributed by atoms with Gasteiger partial charge in [0, 0.05) is 55.5 Å². The van der Waals surface area contributed by atoms with Crippen molar-refractivity contribution in [1.29, 1.82) is 0 Å². The molecular formula is C17H31N3O2S. The number of nitrogens with zero attached hydrogens (tertiary/aromatic N) is 1. The summed E-state index contributed by atoms with van der Waals surface area (Å²) in [5.41, 5.74) is 0.175. The molecule has 1 aliphatic carbocycles. The first kappa shape index (κ1) is 17.4. The van der Waals surface area contributed by atoms with Crippen LogP contribution in [0.5, 0.6) is 0 Å². The van der Waals surface area contributed by atoms with Gasteiger partial charge in [0.2, 0.25) is 0 Å². The van der Waals surface area contributed by atoms with Crippen molar-refractivity contribution >= 4 is 17.7 Å². The summed E-state index contributed by atoms with van der Waals surface area (Å²) >= 11 is 1.95. The highest BCUT2D eigenvalue weighted by Gasteiger charge is 2.59. The summed E-state index contributed by atoms with van der Waals surface area (Å²) in [5, 5.41) is 7.23. The van der Waals surface area contributed by atoms with Crippen LogP contribution >= 0.6 is 11.8 Å². The smallest absolute Gasteiger partial charge is 0.191 e. The van der Waals surface area contributed by atoms with Crippen LogP contribution in [0.25, 0.3) is 0 Å². The van der Waals surface area contributed by atoms with Crippen molar-refractivity contribution in [2.24, 2.45) is 16.3 Å². The number of fused-ring (bicyclic) bond motifs is 1. The first-order valence-corrected chi connectivity index (χ1v) is 9.96. The number of guanidine groups is 1. The zero-order valence-electron chi connectivity index (χ0n) is 14.9. The van der Waals surface area contributed by atoms with E-state index in [9.17, 15) is 0 Å². The van der Waals surface area contributed by atoms with Crippen LogP contribution < -0.4 is 10.6 Å². The van der Waals surface area contributed by atoms with Gasteiger partial charge in [-0.15, -0.1) is 0 Å². The minimum Gasteiger partial charge on any atom is -0.381 e. The Morgan fingerprint density at radius 1 is 1.26 bits per heavy atom. The first-order valence-electron chi connectivity index (χ1n) is 8.74. The Balaban J connectivity index is 1.56.